The topological polar surface area (TPSA) is 101 Å². The highest BCUT2D eigenvalue weighted by atomic mass is 19.1. The van der Waals surface area contributed by atoms with Crippen LogP contribution in [-0.4, -0.2) is 30.9 Å². The number of anilines is 1. The molecule has 0 atom stereocenters. The number of hydrogen-bond acceptors (Lipinski definition) is 7. The van der Waals surface area contributed by atoms with Gasteiger partial charge < -0.3 is 10.1 Å². The van der Waals surface area contributed by atoms with E-state index in [2.05, 4.69) is 31.3 Å². The van der Waals surface area contributed by atoms with Crippen LogP contribution in [0.15, 0.2) is 37.1 Å². The summed E-state index contributed by atoms with van der Waals surface area (Å²) in [5, 5.41) is 12.5. The van der Waals surface area contributed by atoms with Crippen LogP contribution in [0.2, 0.25) is 0 Å². The van der Waals surface area contributed by atoms with E-state index >= 15 is 0 Å². The Morgan fingerprint density at radius 1 is 1.27 bits per heavy atom. The Labute approximate surface area is 171 Å². The first kappa shape index (κ1) is 18.0. The van der Waals surface area contributed by atoms with Gasteiger partial charge in [0.2, 0.25) is 5.95 Å². The van der Waals surface area contributed by atoms with Gasteiger partial charge in [0.25, 0.3) is 0 Å². The van der Waals surface area contributed by atoms with Crippen LogP contribution in [0.3, 0.4) is 0 Å². The first-order valence-corrected chi connectivity index (χ1v) is 9.38. The van der Waals surface area contributed by atoms with Gasteiger partial charge in [-0.3, -0.25) is 4.40 Å². The van der Waals surface area contributed by atoms with Gasteiger partial charge in [0.05, 0.1) is 12.8 Å². The number of nitrogens with one attached hydrogen (secondary N) is 1. The van der Waals surface area contributed by atoms with Gasteiger partial charge in [-0.15, -0.1) is 0 Å². The quantitative estimate of drug-likeness (QED) is 0.561. The number of halogens is 1. The molecule has 0 unspecified atom stereocenters. The van der Waals surface area contributed by atoms with Crippen molar-refractivity contribution in [2.24, 2.45) is 0 Å². The van der Waals surface area contributed by atoms with Gasteiger partial charge in [0, 0.05) is 53.3 Å². The van der Waals surface area contributed by atoms with Gasteiger partial charge >= 0.3 is 0 Å². The molecular weight excluding hydrogens is 385 g/mol. The van der Waals surface area contributed by atoms with Crippen LogP contribution < -0.4 is 10.1 Å². The number of ether oxygens (including phenoxy) is 1. The molecule has 0 saturated carbocycles. The average Bonchev–Trinajstić information content (AvgIpc) is 3.40. The Bertz CT molecular complexity index is 1330. The van der Waals surface area contributed by atoms with Gasteiger partial charge in [-0.1, -0.05) is 0 Å². The largest absolute Gasteiger partial charge is 0.493 e. The van der Waals surface area contributed by atoms with Crippen molar-refractivity contribution in [3.8, 4) is 22.9 Å². The van der Waals surface area contributed by atoms with Crippen LogP contribution in [0.5, 0.6) is 5.75 Å². The molecule has 148 valence electrons. The third-order valence-electron chi connectivity index (χ3n) is 5.17. The lowest BCUT2D eigenvalue weighted by Gasteiger charge is -2.13. The van der Waals surface area contributed by atoms with Crippen molar-refractivity contribution in [2.75, 3.05) is 11.9 Å². The van der Waals surface area contributed by atoms with Crippen molar-refractivity contribution in [1.29, 1.82) is 5.26 Å². The summed E-state index contributed by atoms with van der Waals surface area (Å²) >= 11 is 0. The fourth-order valence-corrected chi connectivity index (χ4v) is 3.68. The van der Waals surface area contributed by atoms with Gasteiger partial charge in [0.15, 0.2) is 11.3 Å². The highest BCUT2D eigenvalue weighted by Crippen LogP contribution is 2.31. The van der Waals surface area contributed by atoms with E-state index in [0.717, 1.165) is 22.6 Å². The monoisotopic (exact) mass is 401 g/mol. The molecule has 1 aliphatic heterocycles. The maximum absolute atomic E-state index is 14.5. The molecule has 0 fully saturated rings. The number of rotatable bonds is 4. The van der Waals surface area contributed by atoms with Gasteiger partial charge in [0.1, 0.15) is 24.0 Å². The summed E-state index contributed by atoms with van der Waals surface area (Å²) in [5.74, 6) is 0.879. The minimum absolute atomic E-state index is 0.230. The fourth-order valence-electron chi connectivity index (χ4n) is 3.68. The van der Waals surface area contributed by atoms with Crippen molar-refractivity contribution in [1.82, 2.24) is 24.3 Å². The molecule has 4 aromatic rings. The summed E-state index contributed by atoms with van der Waals surface area (Å²) in [6.07, 6.45) is 7.09. The summed E-state index contributed by atoms with van der Waals surface area (Å²) in [4.78, 5) is 17.2. The predicted octanol–water partition coefficient (Wildman–Crippen LogP) is 3.05. The number of aromatic nitrogens is 5. The number of fused-ring (bicyclic) bond motifs is 2. The van der Waals surface area contributed by atoms with Crippen LogP contribution in [0.4, 0.5) is 10.3 Å². The number of hydrogen-bond donors (Lipinski definition) is 1. The maximum atomic E-state index is 14.5. The van der Waals surface area contributed by atoms with Crippen molar-refractivity contribution >= 4 is 11.6 Å². The summed E-state index contributed by atoms with van der Waals surface area (Å²) < 4.78 is 21.7. The van der Waals surface area contributed by atoms with E-state index in [0.29, 0.717) is 35.8 Å². The molecular formula is C21H16FN7O. The van der Waals surface area contributed by atoms with Crippen molar-refractivity contribution in [2.45, 2.75) is 19.9 Å². The molecule has 0 amide bonds. The minimum Gasteiger partial charge on any atom is -0.493 e. The maximum Gasteiger partial charge on any atom is 0.208 e. The van der Waals surface area contributed by atoms with Crippen LogP contribution in [0.25, 0.3) is 16.8 Å². The molecule has 0 radical (unpaired) electrons. The Morgan fingerprint density at radius 3 is 3.00 bits per heavy atom. The predicted molar refractivity (Wildman–Crippen MR) is 106 cm³/mol. The second kappa shape index (κ2) is 7.08. The lowest BCUT2D eigenvalue weighted by atomic mass is 10.0. The van der Waals surface area contributed by atoms with Gasteiger partial charge in [-0.05, 0) is 19.1 Å². The van der Waals surface area contributed by atoms with E-state index < -0.39 is 0 Å². The zero-order valence-corrected chi connectivity index (χ0v) is 16.1. The van der Waals surface area contributed by atoms with Crippen LogP contribution in [0, 0.1) is 24.1 Å². The molecule has 1 N–H and O–H groups in total. The standard InChI is InChI=1S/C21H16FN7O/c1-12-15(7-24-11-27-12)17-9-26-21(29-10-13(6-23)28-20(17)29)25-8-16-14-4-5-30-19(14)3-2-18(16)22/h2-3,7,9-11H,4-5,8H2,1H3,(H,25,26). The molecule has 0 bridgehead atoms. The van der Waals surface area contributed by atoms with E-state index in [4.69, 9.17) is 4.74 Å². The van der Waals surface area contributed by atoms with E-state index in [1.54, 1.807) is 29.1 Å². The zero-order valence-electron chi connectivity index (χ0n) is 16.1. The Balaban J connectivity index is 1.56. The fraction of sp³-hybridized carbons (Fsp3) is 0.190. The van der Waals surface area contributed by atoms with Crippen LogP contribution >= 0.6 is 0 Å². The minimum atomic E-state index is -0.292. The summed E-state index contributed by atoms with van der Waals surface area (Å²) in [6, 6.07) is 5.13. The number of aryl methyl sites for hydroxylation is 1. The number of imidazole rings is 1. The van der Waals surface area contributed by atoms with Crippen molar-refractivity contribution in [3.63, 3.8) is 0 Å². The molecule has 0 saturated heterocycles. The van der Waals surface area contributed by atoms with E-state index in [-0.39, 0.29) is 18.1 Å². The highest BCUT2D eigenvalue weighted by Gasteiger charge is 2.20. The third kappa shape index (κ3) is 2.90. The molecule has 3 aromatic heterocycles. The summed E-state index contributed by atoms with van der Waals surface area (Å²) in [6.45, 7) is 2.65. The molecule has 0 spiro atoms. The van der Waals surface area contributed by atoms with Crippen LogP contribution in [0.1, 0.15) is 22.5 Å². The smallest absolute Gasteiger partial charge is 0.208 e. The number of nitriles is 1. The van der Waals surface area contributed by atoms with E-state index in [1.807, 2.05) is 6.92 Å². The summed E-state index contributed by atoms with van der Waals surface area (Å²) in [7, 11) is 0. The highest BCUT2D eigenvalue weighted by molar-refractivity contribution is 5.79. The SMILES string of the molecule is Cc1ncncc1-c1cnc(NCc2c(F)ccc3c2CCO3)n2cc(C#N)nc12. The molecule has 4 heterocycles. The van der Waals surface area contributed by atoms with E-state index in [9.17, 15) is 9.65 Å². The molecule has 8 nitrogen and oxygen atoms in total. The average molecular weight is 401 g/mol. The molecule has 0 aliphatic carbocycles. The Morgan fingerprint density at radius 2 is 2.17 bits per heavy atom. The Hall–Kier alpha value is -4.06. The lowest BCUT2D eigenvalue weighted by molar-refractivity contribution is 0.356. The molecule has 5 rings (SSSR count). The van der Waals surface area contributed by atoms with Crippen molar-refractivity contribution < 1.29 is 9.13 Å². The second-order valence-corrected chi connectivity index (χ2v) is 6.90. The molecule has 1 aliphatic rings. The third-order valence-corrected chi connectivity index (χ3v) is 5.17. The normalized spacial score (nSPS) is 12.4. The lowest BCUT2D eigenvalue weighted by Crippen LogP contribution is -2.10. The molecule has 1 aromatic carbocycles. The van der Waals surface area contributed by atoms with Crippen molar-refractivity contribution in [3.05, 3.63) is 65.4 Å². The second-order valence-electron chi connectivity index (χ2n) is 6.90. The van der Waals surface area contributed by atoms with Gasteiger partial charge in [-0.2, -0.15) is 5.26 Å². The first-order chi connectivity index (χ1) is 14.7. The molecule has 30 heavy (non-hydrogen) atoms. The number of nitrogens with zero attached hydrogens (tertiary/aromatic N) is 6. The Kier molecular flexibility index (Phi) is 4.25. The summed E-state index contributed by atoms with van der Waals surface area (Å²) in [5.41, 5.74) is 4.48. The van der Waals surface area contributed by atoms with Crippen LogP contribution in [-0.2, 0) is 13.0 Å². The first-order valence-electron chi connectivity index (χ1n) is 9.38. The zero-order chi connectivity index (χ0) is 20.7. The molecule has 9 heteroatoms. The number of benzene rings is 1. The van der Waals surface area contributed by atoms with E-state index in [1.165, 1.54) is 12.4 Å². The van der Waals surface area contributed by atoms with Gasteiger partial charge in [-0.25, -0.2) is 24.3 Å².